The number of aliphatic hydroxyl groups is 1. The summed E-state index contributed by atoms with van der Waals surface area (Å²) in [5, 5.41) is 19.7. The van der Waals surface area contributed by atoms with E-state index in [9.17, 15) is 10.4 Å². The van der Waals surface area contributed by atoms with Gasteiger partial charge in [0.15, 0.2) is 6.29 Å². The van der Waals surface area contributed by atoms with E-state index in [1.165, 1.54) is 0 Å². The zero-order chi connectivity index (χ0) is 15.5. The van der Waals surface area contributed by atoms with E-state index in [1.807, 2.05) is 54.6 Å². The number of nitriles is 1. The maximum absolute atomic E-state index is 10.1. The molecule has 0 saturated heterocycles. The molecule has 0 aromatic heterocycles. The molecular formula is C18H14BrNO2. The molecule has 0 spiro atoms. The zero-order valence-electron chi connectivity index (χ0n) is 11.7. The van der Waals surface area contributed by atoms with Crippen LogP contribution in [0.5, 0.6) is 0 Å². The van der Waals surface area contributed by atoms with Gasteiger partial charge in [0.1, 0.15) is 5.76 Å². The molecule has 110 valence electrons. The minimum Gasteiger partial charge on any atom is -0.463 e. The van der Waals surface area contributed by atoms with Gasteiger partial charge in [-0.25, -0.2) is 0 Å². The van der Waals surface area contributed by atoms with Crippen LogP contribution in [0.25, 0.3) is 5.76 Å². The number of ether oxygens (including phenoxy) is 1. The number of hydrogen-bond acceptors (Lipinski definition) is 3. The van der Waals surface area contributed by atoms with Gasteiger partial charge in [-0.3, -0.25) is 0 Å². The molecule has 3 nitrogen and oxygen atoms in total. The molecule has 2 aromatic rings. The van der Waals surface area contributed by atoms with E-state index in [0.29, 0.717) is 17.8 Å². The Hall–Kier alpha value is -2.09. The van der Waals surface area contributed by atoms with Crippen LogP contribution in [0.3, 0.4) is 0 Å². The second kappa shape index (κ2) is 6.35. The number of allylic oxidation sites excluding steroid dienone is 1. The van der Waals surface area contributed by atoms with E-state index in [2.05, 4.69) is 22.0 Å². The van der Waals surface area contributed by atoms with E-state index < -0.39 is 6.29 Å². The van der Waals surface area contributed by atoms with Crippen molar-refractivity contribution in [2.45, 2.75) is 18.6 Å². The molecule has 3 rings (SSSR count). The first-order chi connectivity index (χ1) is 10.7. The lowest BCUT2D eigenvalue weighted by Gasteiger charge is -2.29. The predicted octanol–water partition coefficient (Wildman–Crippen LogP) is 4.21. The van der Waals surface area contributed by atoms with Crippen molar-refractivity contribution in [3.63, 3.8) is 0 Å². The van der Waals surface area contributed by atoms with E-state index in [-0.39, 0.29) is 5.92 Å². The van der Waals surface area contributed by atoms with Crippen LogP contribution in [-0.2, 0) is 4.74 Å². The summed E-state index contributed by atoms with van der Waals surface area (Å²) in [6.45, 7) is 0. The summed E-state index contributed by atoms with van der Waals surface area (Å²) in [5.41, 5.74) is 2.34. The Morgan fingerprint density at radius 3 is 2.59 bits per heavy atom. The summed E-state index contributed by atoms with van der Waals surface area (Å²) >= 11 is 3.42. The molecule has 0 saturated carbocycles. The minimum absolute atomic E-state index is 0.163. The molecule has 4 heteroatoms. The number of rotatable bonds is 2. The van der Waals surface area contributed by atoms with Crippen LogP contribution in [0.2, 0.25) is 0 Å². The fourth-order valence-electron chi connectivity index (χ4n) is 2.70. The fraction of sp³-hybridized carbons (Fsp3) is 0.167. The van der Waals surface area contributed by atoms with Crippen LogP contribution in [0, 0.1) is 11.3 Å². The van der Waals surface area contributed by atoms with Crippen molar-refractivity contribution >= 4 is 21.7 Å². The molecule has 1 aliphatic heterocycles. The highest BCUT2D eigenvalue weighted by atomic mass is 79.9. The van der Waals surface area contributed by atoms with Gasteiger partial charge in [-0.05, 0) is 17.7 Å². The molecule has 1 N–H and O–H groups in total. The molecule has 2 atom stereocenters. The van der Waals surface area contributed by atoms with Crippen LogP contribution in [0.15, 0.2) is 64.6 Å². The number of halogens is 1. The van der Waals surface area contributed by atoms with Crippen LogP contribution in [-0.4, -0.2) is 11.4 Å². The molecule has 1 unspecified atom stereocenters. The van der Waals surface area contributed by atoms with Gasteiger partial charge in [0.2, 0.25) is 0 Å². The second-order valence-corrected chi connectivity index (χ2v) is 6.05. The van der Waals surface area contributed by atoms with Gasteiger partial charge in [0.05, 0.1) is 11.6 Å². The summed E-state index contributed by atoms with van der Waals surface area (Å²) in [6, 6.07) is 19.6. The first-order valence-electron chi connectivity index (χ1n) is 6.99. The highest BCUT2D eigenvalue weighted by molar-refractivity contribution is 9.10. The van der Waals surface area contributed by atoms with Crippen molar-refractivity contribution in [1.82, 2.24) is 0 Å². The molecule has 1 aliphatic rings. The second-order valence-electron chi connectivity index (χ2n) is 5.14. The Balaban J connectivity index is 2.13. The Kier molecular flexibility index (Phi) is 4.28. The van der Waals surface area contributed by atoms with Crippen molar-refractivity contribution in [3.05, 3.63) is 75.8 Å². The van der Waals surface area contributed by atoms with Gasteiger partial charge in [-0.15, -0.1) is 0 Å². The van der Waals surface area contributed by atoms with Gasteiger partial charge in [0, 0.05) is 22.4 Å². The smallest absolute Gasteiger partial charge is 0.198 e. The van der Waals surface area contributed by atoms with Gasteiger partial charge in [-0.1, -0.05) is 58.4 Å². The highest BCUT2D eigenvalue weighted by Gasteiger charge is 2.31. The molecule has 0 amide bonds. The molecule has 0 fully saturated rings. The molecule has 0 aliphatic carbocycles. The monoisotopic (exact) mass is 355 g/mol. The lowest BCUT2D eigenvalue weighted by atomic mass is 9.85. The predicted molar refractivity (Wildman–Crippen MR) is 87.6 cm³/mol. The van der Waals surface area contributed by atoms with Crippen LogP contribution in [0.1, 0.15) is 23.5 Å². The van der Waals surface area contributed by atoms with Crippen molar-refractivity contribution < 1.29 is 9.84 Å². The van der Waals surface area contributed by atoms with Crippen molar-refractivity contribution in [1.29, 1.82) is 5.26 Å². The average molecular weight is 356 g/mol. The highest BCUT2D eigenvalue weighted by Crippen LogP contribution is 2.40. The molecule has 0 bridgehead atoms. The molecule has 2 aromatic carbocycles. The van der Waals surface area contributed by atoms with Gasteiger partial charge < -0.3 is 9.84 Å². The van der Waals surface area contributed by atoms with Gasteiger partial charge in [0.25, 0.3) is 0 Å². The number of aliphatic hydroxyl groups excluding tert-OH is 1. The number of hydrogen-bond donors (Lipinski definition) is 1. The molecule has 22 heavy (non-hydrogen) atoms. The maximum atomic E-state index is 10.1. The summed E-state index contributed by atoms with van der Waals surface area (Å²) in [4.78, 5) is 0. The van der Waals surface area contributed by atoms with Gasteiger partial charge in [-0.2, -0.15) is 5.26 Å². The summed E-state index contributed by atoms with van der Waals surface area (Å²) < 4.78 is 6.47. The van der Waals surface area contributed by atoms with Crippen molar-refractivity contribution in [2.75, 3.05) is 0 Å². The molecular weight excluding hydrogens is 342 g/mol. The van der Waals surface area contributed by atoms with Crippen LogP contribution in [0.4, 0.5) is 0 Å². The summed E-state index contributed by atoms with van der Waals surface area (Å²) in [7, 11) is 0. The van der Waals surface area contributed by atoms with E-state index in [0.717, 1.165) is 15.6 Å². The minimum atomic E-state index is -0.920. The van der Waals surface area contributed by atoms with E-state index >= 15 is 0 Å². The lowest BCUT2D eigenvalue weighted by molar-refractivity contribution is -0.0545. The normalized spacial score (nSPS) is 21.1. The summed E-state index contributed by atoms with van der Waals surface area (Å²) in [5.74, 6) is 0.292. The van der Waals surface area contributed by atoms with E-state index in [4.69, 9.17) is 4.74 Å². The average Bonchev–Trinajstić information content (AvgIpc) is 2.55. The SMILES string of the molecule is N#CC1=C(c2cccc(Br)c2)OC(O)C[C@H]1c1ccccc1. The van der Waals surface area contributed by atoms with Crippen LogP contribution >= 0.6 is 15.9 Å². The molecule has 1 heterocycles. The first kappa shape index (κ1) is 14.8. The quantitative estimate of drug-likeness (QED) is 0.877. The Morgan fingerprint density at radius 1 is 1.14 bits per heavy atom. The Morgan fingerprint density at radius 2 is 1.91 bits per heavy atom. The Bertz CT molecular complexity index is 749. The van der Waals surface area contributed by atoms with Gasteiger partial charge >= 0.3 is 0 Å². The molecule has 0 radical (unpaired) electrons. The third-order valence-corrected chi connectivity index (χ3v) is 4.19. The number of nitrogens with zero attached hydrogens (tertiary/aromatic N) is 1. The third-order valence-electron chi connectivity index (χ3n) is 3.69. The number of benzene rings is 2. The third kappa shape index (κ3) is 2.92. The maximum Gasteiger partial charge on any atom is 0.198 e. The fourth-order valence-corrected chi connectivity index (χ4v) is 3.09. The Labute approximate surface area is 137 Å². The standard InChI is InChI=1S/C18H14BrNO2/c19-14-8-4-7-13(9-14)18-16(11-20)15(10-17(21)22-18)12-5-2-1-3-6-12/h1-9,15,17,21H,10H2/t15-,17?/m0/s1. The van der Waals surface area contributed by atoms with E-state index in [1.54, 1.807) is 0 Å². The van der Waals surface area contributed by atoms with Crippen LogP contribution < -0.4 is 0 Å². The topological polar surface area (TPSA) is 53.2 Å². The van der Waals surface area contributed by atoms with Crippen molar-refractivity contribution in [2.24, 2.45) is 0 Å². The van der Waals surface area contributed by atoms with Crippen molar-refractivity contribution in [3.8, 4) is 6.07 Å². The zero-order valence-corrected chi connectivity index (χ0v) is 13.3. The largest absolute Gasteiger partial charge is 0.463 e. The first-order valence-corrected chi connectivity index (χ1v) is 7.78. The lowest BCUT2D eigenvalue weighted by Crippen LogP contribution is -2.23. The summed E-state index contributed by atoms with van der Waals surface area (Å²) in [6.07, 6.45) is -0.541.